The monoisotopic (exact) mass is 546 g/mol. The average Bonchev–Trinajstić information content (AvgIpc) is 3.56. The van der Waals surface area contributed by atoms with Crippen molar-refractivity contribution >= 4 is 28.9 Å². The quantitative estimate of drug-likeness (QED) is 0.347. The number of nitrogens with zero attached hydrogens (tertiary/aromatic N) is 5. The van der Waals surface area contributed by atoms with E-state index in [9.17, 15) is 19.6 Å². The van der Waals surface area contributed by atoms with Gasteiger partial charge in [0.15, 0.2) is 0 Å². The van der Waals surface area contributed by atoms with Crippen LogP contribution in [0.15, 0.2) is 36.8 Å². The van der Waals surface area contributed by atoms with E-state index < -0.39 is 11.3 Å². The van der Waals surface area contributed by atoms with E-state index in [1.807, 2.05) is 24.4 Å². The number of primary amides is 1. The fourth-order valence-electron chi connectivity index (χ4n) is 4.87. The number of carbonyl (C=O) groups excluding carboxylic acids is 3. The number of rotatable bonds is 10. The number of aromatic nitrogens is 3. The Kier molecular flexibility index (Phi) is 8.35. The lowest BCUT2D eigenvalue weighted by atomic mass is 9.94. The van der Waals surface area contributed by atoms with Gasteiger partial charge in [-0.15, -0.1) is 0 Å². The molecule has 0 bridgehead atoms. The van der Waals surface area contributed by atoms with E-state index in [2.05, 4.69) is 33.7 Å². The molecule has 1 aliphatic heterocycles. The van der Waals surface area contributed by atoms with Crippen LogP contribution in [0.4, 0.5) is 5.69 Å². The second-order valence-electron chi connectivity index (χ2n) is 10.5. The summed E-state index contributed by atoms with van der Waals surface area (Å²) in [5.74, 6) is -0.946. The Hall–Kier alpha value is -4.50. The molecule has 210 valence electrons. The topological polar surface area (TPSA) is 168 Å². The van der Waals surface area contributed by atoms with Gasteiger partial charge in [-0.3, -0.25) is 19.4 Å². The van der Waals surface area contributed by atoms with Crippen molar-refractivity contribution < 1.29 is 19.1 Å². The number of nitriles is 1. The Morgan fingerprint density at radius 1 is 1.23 bits per heavy atom. The predicted octanol–water partition coefficient (Wildman–Crippen LogP) is 1.96. The molecule has 0 spiro atoms. The van der Waals surface area contributed by atoms with E-state index in [0.29, 0.717) is 30.0 Å². The normalized spacial score (nSPS) is 17.0. The summed E-state index contributed by atoms with van der Waals surface area (Å²) in [6.45, 7) is 6.47. The van der Waals surface area contributed by atoms with Crippen molar-refractivity contribution in [2.45, 2.75) is 39.8 Å². The number of pyridine rings is 1. The van der Waals surface area contributed by atoms with E-state index >= 15 is 0 Å². The second-order valence-corrected chi connectivity index (χ2v) is 10.5. The molecule has 12 heteroatoms. The fourth-order valence-corrected chi connectivity index (χ4v) is 4.87. The molecule has 0 saturated carbocycles. The highest BCUT2D eigenvalue weighted by Gasteiger charge is 2.40. The zero-order valence-corrected chi connectivity index (χ0v) is 23.1. The van der Waals surface area contributed by atoms with Crippen LogP contribution >= 0.6 is 0 Å². The van der Waals surface area contributed by atoms with Crippen LogP contribution in [0.1, 0.15) is 43.2 Å². The number of ether oxygens (including phenoxy) is 1. The van der Waals surface area contributed by atoms with Crippen LogP contribution in [0.3, 0.4) is 0 Å². The first-order chi connectivity index (χ1) is 19.1. The van der Waals surface area contributed by atoms with Gasteiger partial charge in [-0.05, 0) is 38.3 Å². The van der Waals surface area contributed by atoms with E-state index in [0.717, 1.165) is 17.5 Å². The Balaban J connectivity index is 1.61. The molecule has 1 aliphatic rings. The van der Waals surface area contributed by atoms with Crippen molar-refractivity contribution in [1.82, 2.24) is 24.8 Å². The number of likely N-dealkylation sites (tertiary alicyclic amines) is 1. The van der Waals surface area contributed by atoms with Crippen LogP contribution in [0.25, 0.3) is 16.6 Å². The first kappa shape index (κ1) is 28.5. The molecule has 3 amide bonds. The summed E-state index contributed by atoms with van der Waals surface area (Å²) in [6, 6.07) is 7.56. The smallest absolute Gasteiger partial charge is 0.252 e. The Morgan fingerprint density at radius 2 is 2.00 bits per heavy atom. The summed E-state index contributed by atoms with van der Waals surface area (Å²) in [5.41, 5.74) is 8.38. The summed E-state index contributed by atoms with van der Waals surface area (Å²) in [6.07, 6.45) is 5.78. The van der Waals surface area contributed by atoms with E-state index in [4.69, 9.17) is 10.5 Å². The molecular formula is C28H34N8O4. The maximum Gasteiger partial charge on any atom is 0.252 e. The lowest BCUT2D eigenvalue weighted by Gasteiger charge is -2.24. The molecule has 2 atom stereocenters. The summed E-state index contributed by atoms with van der Waals surface area (Å²) in [4.78, 5) is 43.2. The Morgan fingerprint density at radius 3 is 2.62 bits per heavy atom. The summed E-state index contributed by atoms with van der Waals surface area (Å²) in [5, 5.41) is 20.1. The third-order valence-electron chi connectivity index (χ3n) is 7.20. The molecule has 3 aromatic heterocycles. The number of hydrogen-bond donors (Lipinski definition) is 3. The van der Waals surface area contributed by atoms with Gasteiger partial charge in [-0.2, -0.15) is 10.4 Å². The number of fused-ring (bicyclic) bond motifs is 1. The number of nitrogens with one attached hydrogen (secondary N) is 2. The van der Waals surface area contributed by atoms with Crippen molar-refractivity contribution in [3.05, 3.63) is 48.0 Å². The minimum Gasteiger partial charge on any atom is -0.378 e. The number of carbonyl (C=O) groups is 3. The molecule has 0 radical (unpaired) electrons. The Labute approximate surface area is 232 Å². The van der Waals surface area contributed by atoms with Crippen molar-refractivity contribution in [2.75, 3.05) is 32.1 Å². The number of amides is 3. The molecule has 4 heterocycles. The average molecular weight is 547 g/mol. The predicted molar refractivity (Wildman–Crippen MR) is 148 cm³/mol. The van der Waals surface area contributed by atoms with Gasteiger partial charge in [0.1, 0.15) is 12.0 Å². The minimum atomic E-state index is -1.12. The summed E-state index contributed by atoms with van der Waals surface area (Å²) < 4.78 is 6.48. The number of hydrogen-bond acceptors (Lipinski definition) is 8. The zero-order valence-electron chi connectivity index (χ0n) is 23.1. The van der Waals surface area contributed by atoms with Crippen LogP contribution < -0.4 is 16.4 Å². The van der Waals surface area contributed by atoms with E-state index in [1.165, 1.54) is 13.3 Å². The van der Waals surface area contributed by atoms with Gasteiger partial charge in [-0.1, -0.05) is 13.0 Å². The Bertz CT molecular complexity index is 1460. The molecule has 3 aromatic rings. The van der Waals surface area contributed by atoms with Gasteiger partial charge in [0.2, 0.25) is 11.8 Å². The molecule has 40 heavy (non-hydrogen) atoms. The van der Waals surface area contributed by atoms with Crippen molar-refractivity contribution in [3.8, 4) is 17.2 Å². The summed E-state index contributed by atoms with van der Waals surface area (Å²) >= 11 is 0. The molecule has 4 N–H and O–H groups in total. The van der Waals surface area contributed by atoms with Crippen LogP contribution in [0, 0.1) is 22.7 Å². The van der Waals surface area contributed by atoms with Gasteiger partial charge in [0, 0.05) is 49.8 Å². The van der Waals surface area contributed by atoms with Crippen LogP contribution in [0.2, 0.25) is 0 Å². The third-order valence-corrected chi connectivity index (χ3v) is 7.20. The number of nitrogens with two attached hydrogens (primary N) is 1. The molecule has 1 fully saturated rings. The minimum absolute atomic E-state index is 0.0158. The number of methoxy groups -OCH3 is 1. The van der Waals surface area contributed by atoms with Gasteiger partial charge < -0.3 is 26.0 Å². The van der Waals surface area contributed by atoms with Crippen molar-refractivity contribution in [3.63, 3.8) is 0 Å². The molecular weight excluding hydrogens is 512 g/mol. The molecule has 0 aliphatic carbocycles. The van der Waals surface area contributed by atoms with Gasteiger partial charge in [0.05, 0.1) is 41.3 Å². The first-order valence-electron chi connectivity index (χ1n) is 13.1. The van der Waals surface area contributed by atoms with E-state index in [-0.39, 0.29) is 42.5 Å². The van der Waals surface area contributed by atoms with Gasteiger partial charge in [0.25, 0.3) is 5.91 Å². The second kappa shape index (κ2) is 11.7. The standard InChI is InChI=1S/C28H34N8O4/c1-5-17-12-35(27(39)28(2,3)16-29)14-22(17)34-25-21(26(30)38)11-33-36-13-19(8-23(25)36)18-6-7-20(31-9-18)10-32-24(37)15-40-4/h6-9,11,13,17,22,34H,5,10,12,14-15H2,1-4H3,(H2,30,38)(H,32,37). The largest absolute Gasteiger partial charge is 0.378 e. The molecule has 4 rings (SSSR count). The number of anilines is 1. The van der Waals surface area contributed by atoms with Crippen LogP contribution in [-0.4, -0.2) is 70.1 Å². The molecule has 12 nitrogen and oxygen atoms in total. The molecule has 1 saturated heterocycles. The molecule has 2 unspecified atom stereocenters. The maximum atomic E-state index is 13.0. The highest BCUT2D eigenvalue weighted by Crippen LogP contribution is 2.32. The zero-order chi connectivity index (χ0) is 29.0. The van der Waals surface area contributed by atoms with Crippen molar-refractivity contribution in [1.29, 1.82) is 5.26 Å². The van der Waals surface area contributed by atoms with Crippen LogP contribution in [0.5, 0.6) is 0 Å². The lowest BCUT2D eigenvalue weighted by molar-refractivity contribution is -0.136. The lowest BCUT2D eigenvalue weighted by Crippen LogP contribution is -2.40. The highest BCUT2D eigenvalue weighted by molar-refractivity contribution is 6.02. The first-order valence-corrected chi connectivity index (χ1v) is 13.1. The molecule has 0 aromatic carbocycles. The maximum absolute atomic E-state index is 13.0. The van der Waals surface area contributed by atoms with Gasteiger partial charge >= 0.3 is 0 Å². The van der Waals surface area contributed by atoms with Gasteiger partial charge in [-0.25, -0.2) is 4.52 Å². The van der Waals surface area contributed by atoms with E-state index in [1.54, 1.807) is 29.5 Å². The third kappa shape index (κ3) is 5.89. The summed E-state index contributed by atoms with van der Waals surface area (Å²) in [7, 11) is 1.46. The van der Waals surface area contributed by atoms with Crippen LogP contribution in [-0.2, 0) is 20.9 Å². The SMILES string of the molecule is CCC1CN(C(=O)C(C)(C)C#N)CC1Nc1c(C(N)=O)cnn2cc(-c3ccc(CNC(=O)COC)nc3)cc12. The van der Waals surface area contributed by atoms with Crippen molar-refractivity contribution in [2.24, 2.45) is 17.1 Å². The fraction of sp³-hybridized carbons (Fsp3) is 0.429. The highest BCUT2D eigenvalue weighted by atomic mass is 16.5.